The monoisotopic (exact) mass is 541 g/mol. The van der Waals surface area contributed by atoms with Crippen molar-refractivity contribution >= 4 is 27.7 Å². The van der Waals surface area contributed by atoms with Crippen LogP contribution in [0.1, 0.15) is 37.4 Å². The van der Waals surface area contributed by atoms with Gasteiger partial charge in [-0.1, -0.05) is 19.9 Å². The van der Waals surface area contributed by atoms with E-state index in [0.29, 0.717) is 18.9 Å². The van der Waals surface area contributed by atoms with Crippen LogP contribution in [-0.4, -0.2) is 64.8 Å². The Morgan fingerprint density at radius 3 is 2.89 bits per heavy atom. The van der Waals surface area contributed by atoms with Crippen LogP contribution in [0.2, 0.25) is 0 Å². The molecule has 0 radical (unpaired) electrons. The molecule has 10 heteroatoms. The number of benzene rings is 1. The summed E-state index contributed by atoms with van der Waals surface area (Å²) in [6, 6.07) is 8.02. The van der Waals surface area contributed by atoms with Crippen LogP contribution >= 0.6 is 15.9 Å². The zero-order valence-corrected chi connectivity index (χ0v) is 22.0. The second kappa shape index (κ2) is 11.6. The molecule has 2 aromatic heterocycles. The van der Waals surface area contributed by atoms with Crippen LogP contribution in [0, 0.1) is 0 Å². The first-order chi connectivity index (χ1) is 16.9. The largest absolute Gasteiger partial charge is 0.496 e. The number of imidazole rings is 1. The molecule has 1 aliphatic rings. The molecule has 0 saturated carbocycles. The van der Waals surface area contributed by atoms with Gasteiger partial charge in [-0.05, 0) is 46.0 Å². The minimum atomic E-state index is 0.00410. The second-order valence-corrected chi connectivity index (χ2v) is 9.75. The fourth-order valence-electron chi connectivity index (χ4n) is 4.12. The third-order valence-corrected chi connectivity index (χ3v) is 6.68. The number of nitrogens with zero attached hydrogens (tertiary/aromatic N) is 5. The number of aromatic nitrogens is 4. The van der Waals surface area contributed by atoms with Crippen molar-refractivity contribution in [1.82, 2.24) is 30.2 Å². The Labute approximate surface area is 214 Å². The summed E-state index contributed by atoms with van der Waals surface area (Å²) >= 11 is 3.51. The van der Waals surface area contributed by atoms with Gasteiger partial charge in [0.05, 0.1) is 23.3 Å². The van der Waals surface area contributed by atoms with Crippen molar-refractivity contribution in [3.8, 4) is 11.7 Å². The van der Waals surface area contributed by atoms with Crippen molar-refractivity contribution in [3.05, 3.63) is 58.7 Å². The van der Waals surface area contributed by atoms with Crippen LogP contribution in [-0.2, 0) is 11.2 Å². The Morgan fingerprint density at radius 1 is 1.31 bits per heavy atom. The molecule has 1 fully saturated rings. The molecule has 1 amide bonds. The first-order valence-electron chi connectivity index (χ1n) is 11.9. The quantitative estimate of drug-likeness (QED) is 0.429. The highest BCUT2D eigenvalue weighted by atomic mass is 79.9. The zero-order chi connectivity index (χ0) is 24.8. The zero-order valence-electron chi connectivity index (χ0n) is 20.4. The Bertz CT molecular complexity index is 1140. The van der Waals surface area contributed by atoms with Gasteiger partial charge in [-0.3, -0.25) is 9.36 Å². The molecular formula is C25H32BrN7O2. The highest BCUT2D eigenvalue weighted by Crippen LogP contribution is 2.26. The third-order valence-electron chi connectivity index (χ3n) is 6.07. The van der Waals surface area contributed by atoms with Crippen molar-refractivity contribution < 1.29 is 9.53 Å². The number of rotatable bonds is 9. The Balaban J connectivity index is 1.42. The standard InChI is InChI=1S/C25H32BrN7O2/c1-17(2)21-14-23(31-25(30-21)32-10-8-28-16-32)33-11-9-27-15-19(33)13-24(34)29-7-6-18-4-5-22(35-3)20(26)12-18/h4-5,8,10,12,14,16-17,19,27H,6-7,9,11,13,15H2,1-3H3,(H,29,34). The number of piperazine rings is 1. The molecule has 3 aromatic rings. The molecule has 2 N–H and O–H groups in total. The van der Waals surface area contributed by atoms with Crippen LogP contribution in [0.15, 0.2) is 47.5 Å². The number of methoxy groups -OCH3 is 1. The van der Waals surface area contributed by atoms with E-state index >= 15 is 0 Å². The summed E-state index contributed by atoms with van der Waals surface area (Å²) < 4.78 is 8.01. The number of anilines is 1. The molecule has 1 aliphatic heterocycles. The smallest absolute Gasteiger partial charge is 0.237 e. The van der Waals surface area contributed by atoms with Crippen LogP contribution < -0.4 is 20.3 Å². The highest BCUT2D eigenvalue weighted by Gasteiger charge is 2.27. The van der Waals surface area contributed by atoms with Gasteiger partial charge in [0.15, 0.2) is 0 Å². The van der Waals surface area contributed by atoms with Gasteiger partial charge in [0.25, 0.3) is 0 Å². The predicted molar refractivity (Wildman–Crippen MR) is 139 cm³/mol. The number of ether oxygens (including phenoxy) is 1. The van der Waals surface area contributed by atoms with E-state index in [2.05, 4.69) is 50.3 Å². The number of carbonyl (C=O) groups excluding carboxylic acids is 1. The van der Waals surface area contributed by atoms with Gasteiger partial charge in [-0.15, -0.1) is 0 Å². The van der Waals surface area contributed by atoms with Gasteiger partial charge in [0.2, 0.25) is 11.9 Å². The van der Waals surface area contributed by atoms with E-state index in [-0.39, 0.29) is 17.9 Å². The van der Waals surface area contributed by atoms with E-state index in [1.165, 1.54) is 0 Å². The molecule has 35 heavy (non-hydrogen) atoms. The number of nitrogens with one attached hydrogen (secondary N) is 2. The lowest BCUT2D eigenvalue weighted by Gasteiger charge is -2.37. The van der Waals surface area contributed by atoms with Gasteiger partial charge in [-0.25, -0.2) is 9.97 Å². The van der Waals surface area contributed by atoms with Gasteiger partial charge in [-0.2, -0.15) is 4.98 Å². The Hall–Kier alpha value is -2.98. The predicted octanol–water partition coefficient (Wildman–Crippen LogP) is 3.08. The molecule has 4 rings (SSSR count). The minimum absolute atomic E-state index is 0.00410. The number of amides is 1. The van der Waals surface area contributed by atoms with E-state index in [0.717, 1.165) is 53.4 Å². The third kappa shape index (κ3) is 6.37. The average molecular weight is 542 g/mol. The number of carbonyl (C=O) groups is 1. The van der Waals surface area contributed by atoms with E-state index in [1.807, 2.05) is 35.0 Å². The van der Waals surface area contributed by atoms with Crippen molar-refractivity contribution in [2.45, 2.75) is 38.6 Å². The molecule has 0 aliphatic carbocycles. The van der Waals surface area contributed by atoms with Crippen LogP contribution in [0.5, 0.6) is 5.75 Å². The van der Waals surface area contributed by atoms with Crippen molar-refractivity contribution in [1.29, 1.82) is 0 Å². The first kappa shape index (κ1) is 25.1. The van der Waals surface area contributed by atoms with Crippen LogP contribution in [0.4, 0.5) is 5.82 Å². The lowest BCUT2D eigenvalue weighted by Crippen LogP contribution is -2.53. The Kier molecular flexibility index (Phi) is 8.35. The van der Waals surface area contributed by atoms with E-state index in [4.69, 9.17) is 14.7 Å². The van der Waals surface area contributed by atoms with E-state index < -0.39 is 0 Å². The second-order valence-electron chi connectivity index (χ2n) is 8.90. The lowest BCUT2D eigenvalue weighted by molar-refractivity contribution is -0.121. The maximum absolute atomic E-state index is 12.8. The summed E-state index contributed by atoms with van der Waals surface area (Å²) in [6.45, 7) is 7.15. The molecule has 1 atom stereocenters. The summed E-state index contributed by atoms with van der Waals surface area (Å²) in [6.07, 6.45) is 6.40. The van der Waals surface area contributed by atoms with Crippen LogP contribution in [0.25, 0.3) is 5.95 Å². The topological polar surface area (TPSA) is 97.2 Å². The first-order valence-corrected chi connectivity index (χ1v) is 12.7. The van der Waals surface area contributed by atoms with Crippen LogP contribution in [0.3, 0.4) is 0 Å². The number of hydrogen-bond donors (Lipinski definition) is 2. The summed E-state index contributed by atoms with van der Waals surface area (Å²) in [4.78, 5) is 28.7. The maximum atomic E-state index is 12.8. The summed E-state index contributed by atoms with van der Waals surface area (Å²) in [5, 5.41) is 6.50. The minimum Gasteiger partial charge on any atom is -0.496 e. The molecule has 1 aromatic carbocycles. The van der Waals surface area contributed by atoms with Gasteiger partial charge < -0.3 is 20.3 Å². The van der Waals surface area contributed by atoms with Gasteiger partial charge in [0, 0.05) is 51.1 Å². The normalized spacial score (nSPS) is 15.9. The lowest BCUT2D eigenvalue weighted by atomic mass is 10.1. The molecule has 0 bridgehead atoms. The number of halogens is 1. The highest BCUT2D eigenvalue weighted by molar-refractivity contribution is 9.10. The Morgan fingerprint density at radius 2 is 2.17 bits per heavy atom. The summed E-state index contributed by atoms with van der Waals surface area (Å²) in [5.41, 5.74) is 2.10. The van der Waals surface area contributed by atoms with E-state index in [1.54, 1.807) is 19.6 Å². The van der Waals surface area contributed by atoms with E-state index in [9.17, 15) is 4.79 Å². The van der Waals surface area contributed by atoms with Crippen molar-refractivity contribution in [2.75, 3.05) is 38.2 Å². The molecule has 3 heterocycles. The average Bonchev–Trinajstić information content (AvgIpc) is 3.39. The van der Waals surface area contributed by atoms with Crippen molar-refractivity contribution in [2.24, 2.45) is 0 Å². The van der Waals surface area contributed by atoms with Gasteiger partial charge in [0.1, 0.15) is 17.9 Å². The summed E-state index contributed by atoms with van der Waals surface area (Å²) in [5.74, 6) is 2.51. The molecule has 186 valence electrons. The number of hydrogen-bond acceptors (Lipinski definition) is 7. The fraction of sp³-hybridized carbons (Fsp3) is 0.440. The summed E-state index contributed by atoms with van der Waals surface area (Å²) in [7, 11) is 1.65. The maximum Gasteiger partial charge on any atom is 0.237 e. The van der Waals surface area contributed by atoms with Gasteiger partial charge >= 0.3 is 0 Å². The fourth-order valence-corrected chi connectivity index (χ4v) is 4.71. The molecular weight excluding hydrogens is 510 g/mol. The molecule has 0 spiro atoms. The van der Waals surface area contributed by atoms with Crippen molar-refractivity contribution in [3.63, 3.8) is 0 Å². The molecule has 9 nitrogen and oxygen atoms in total. The SMILES string of the molecule is COc1ccc(CCNC(=O)CC2CNCCN2c2cc(C(C)C)nc(-n3ccnc3)n2)cc1Br. The molecule has 1 unspecified atom stereocenters. The molecule has 1 saturated heterocycles.